The number of ether oxygens (including phenoxy) is 2. The van der Waals surface area contributed by atoms with Crippen LogP contribution in [-0.4, -0.2) is 51.1 Å². The van der Waals surface area contributed by atoms with Gasteiger partial charge < -0.3 is 14.4 Å². The van der Waals surface area contributed by atoms with Gasteiger partial charge in [0.15, 0.2) is 11.5 Å². The molecule has 0 aliphatic carbocycles. The van der Waals surface area contributed by atoms with Gasteiger partial charge in [0.2, 0.25) is 0 Å². The van der Waals surface area contributed by atoms with E-state index in [1.165, 1.54) is 20.4 Å². The number of anilines is 1. The average Bonchev–Trinajstić information content (AvgIpc) is 2.66. The maximum absolute atomic E-state index is 11.4. The molecule has 158 valence electrons. The van der Waals surface area contributed by atoms with Crippen LogP contribution in [0.2, 0.25) is 0 Å². The Morgan fingerprint density at radius 3 is 2.62 bits per heavy atom. The van der Waals surface area contributed by atoms with Crippen LogP contribution in [0.15, 0.2) is 18.5 Å². The molecule has 0 bridgehead atoms. The van der Waals surface area contributed by atoms with E-state index in [2.05, 4.69) is 19.6 Å². The van der Waals surface area contributed by atoms with E-state index in [4.69, 9.17) is 14.6 Å². The van der Waals surface area contributed by atoms with Crippen molar-refractivity contribution < 1.29 is 22.7 Å². The largest absolute Gasteiger partial charge is 0.493 e. The molecular weight excluding hydrogens is 398 g/mol. The van der Waals surface area contributed by atoms with Crippen molar-refractivity contribution >= 4 is 32.9 Å². The summed E-state index contributed by atoms with van der Waals surface area (Å²) in [6.45, 7) is 3.23. The quantitative estimate of drug-likeness (QED) is 0.496. The molecule has 0 saturated carbocycles. The summed E-state index contributed by atoms with van der Waals surface area (Å²) in [4.78, 5) is 22.3. The normalized spacial score (nSPS) is 15.5. The maximum atomic E-state index is 11.4. The van der Waals surface area contributed by atoms with Crippen molar-refractivity contribution in [3.63, 3.8) is 0 Å². The molecular formula is C18H25N5O5S. The highest BCUT2D eigenvalue weighted by Crippen LogP contribution is 2.36. The molecule has 2 heterocycles. The molecule has 0 unspecified atom stereocenters. The molecule has 0 amide bonds. The molecule has 3 rings (SSSR count). The van der Waals surface area contributed by atoms with Crippen molar-refractivity contribution in [3.05, 3.63) is 18.5 Å². The molecule has 0 spiro atoms. The zero-order chi connectivity index (χ0) is 21.0. The zero-order valence-electron chi connectivity index (χ0n) is 16.4. The van der Waals surface area contributed by atoms with Gasteiger partial charge in [-0.15, -0.1) is 0 Å². The number of methoxy groups -OCH3 is 1. The maximum Gasteiger partial charge on any atom is 0.308 e. The van der Waals surface area contributed by atoms with E-state index in [1.54, 1.807) is 12.1 Å². The molecule has 0 atom stereocenters. The fourth-order valence-electron chi connectivity index (χ4n) is 3.54. The third kappa shape index (κ3) is 5.52. The van der Waals surface area contributed by atoms with Gasteiger partial charge >= 0.3 is 5.97 Å². The first-order valence-electron chi connectivity index (χ1n) is 9.30. The topological polar surface area (TPSA) is 137 Å². The van der Waals surface area contributed by atoms with Crippen molar-refractivity contribution in [1.82, 2.24) is 14.7 Å². The summed E-state index contributed by atoms with van der Waals surface area (Å²) in [6, 6.07) is 3.46. The minimum atomic E-state index is -3.65. The first-order valence-corrected chi connectivity index (χ1v) is 10.8. The van der Waals surface area contributed by atoms with Crippen molar-refractivity contribution in [2.75, 3.05) is 31.6 Å². The second-order valence-corrected chi connectivity index (χ2v) is 8.35. The van der Waals surface area contributed by atoms with Crippen LogP contribution in [0.5, 0.6) is 11.5 Å². The van der Waals surface area contributed by atoms with Gasteiger partial charge in [0.1, 0.15) is 12.1 Å². The molecule has 1 aromatic heterocycles. The Labute approximate surface area is 169 Å². The summed E-state index contributed by atoms with van der Waals surface area (Å²) in [5.41, 5.74) is 0.697. The predicted octanol–water partition coefficient (Wildman–Crippen LogP) is 0.963. The first-order chi connectivity index (χ1) is 13.8. The van der Waals surface area contributed by atoms with Crippen LogP contribution in [-0.2, 0) is 15.0 Å². The number of esters is 1. The van der Waals surface area contributed by atoms with Crippen molar-refractivity contribution in [3.8, 4) is 11.5 Å². The number of aromatic nitrogens is 2. The first kappa shape index (κ1) is 21.2. The zero-order valence-corrected chi connectivity index (χ0v) is 17.2. The number of nitrogens with zero attached hydrogens (tertiary/aromatic N) is 3. The van der Waals surface area contributed by atoms with Gasteiger partial charge in [-0.1, -0.05) is 0 Å². The molecule has 10 nitrogen and oxygen atoms in total. The Hall–Kier alpha value is -2.50. The molecule has 3 N–H and O–H groups in total. The number of hydrogen-bond donors (Lipinski definition) is 2. The number of carbonyl (C=O) groups excluding carboxylic acids is 1. The van der Waals surface area contributed by atoms with Gasteiger partial charge in [0, 0.05) is 38.0 Å². The van der Waals surface area contributed by atoms with Gasteiger partial charge in [-0.05, 0) is 31.2 Å². The van der Waals surface area contributed by atoms with Crippen molar-refractivity contribution in [2.24, 2.45) is 11.1 Å². The summed E-state index contributed by atoms with van der Waals surface area (Å²) in [5.74, 6) is 1.50. The van der Waals surface area contributed by atoms with E-state index >= 15 is 0 Å². The van der Waals surface area contributed by atoms with Gasteiger partial charge in [-0.25, -0.2) is 19.8 Å². The molecule has 0 radical (unpaired) electrons. The van der Waals surface area contributed by atoms with Gasteiger partial charge in [-0.2, -0.15) is 8.42 Å². The van der Waals surface area contributed by atoms with E-state index in [1.807, 2.05) is 0 Å². The summed E-state index contributed by atoms with van der Waals surface area (Å²) < 4.78 is 34.9. The molecule has 11 heteroatoms. The summed E-state index contributed by atoms with van der Waals surface area (Å²) in [7, 11) is -2.14. The average molecular weight is 423 g/mol. The number of carbonyl (C=O) groups is 1. The molecule has 1 aliphatic rings. The lowest BCUT2D eigenvalue weighted by molar-refractivity contribution is -0.132. The summed E-state index contributed by atoms with van der Waals surface area (Å²) in [6.07, 6.45) is 4.06. The Morgan fingerprint density at radius 1 is 1.28 bits per heavy atom. The smallest absolute Gasteiger partial charge is 0.308 e. The van der Waals surface area contributed by atoms with Gasteiger partial charge in [-0.3, -0.25) is 4.79 Å². The summed E-state index contributed by atoms with van der Waals surface area (Å²) in [5, 5.41) is 5.74. The van der Waals surface area contributed by atoms with E-state index in [9.17, 15) is 13.2 Å². The predicted molar refractivity (Wildman–Crippen MR) is 108 cm³/mol. The van der Waals surface area contributed by atoms with Crippen LogP contribution in [0.4, 0.5) is 5.82 Å². The molecule has 1 fully saturated rings. The lowest BCUT2D eigenvalue weighted by Crippen LogP contribution is -2.37. The van der Waals surface area contributed by atoms with Gasteiger partial charge in [0.05, 0.1) is 12.6 Å². The summed E-state index contributed by atoms with van der Waals surface area (Å²) >= 11 is 0. The minimum Gasteiger partial charge on any atom is -0.493 e. The molecule has 1 aliphatic heterocycles. The lowest BCUT2D eigenvalue weighted by Gasteiger charge is -2.33. The van der Waals surface area contributed by atoms with E-state index in [-0.39, 0.29) is 0 Å². The fourth-order valence-corrected chi connectivity index (χ4v) is 3.94. The number of piperidine rings is 1. The Morgan fingerprint density at radius 2 is 2.00 bits per heavy atom. The van der Waals surface area contributed by atoms with Crippen LogP contribution >= 0.6 is 0 Å². The highest BCUT2D eigenvalue weighted by Gasteiger charge is 2.23. The minimum absolute atomic E-state index is 0.326. The third-order valence-electron chi connectivity index (χ3n) is 4.92. The SMILES string of the molecule is COc1cc2ncnc(N3CCC(CCNS(N)(=O)=O)CC3)c2cc1OC(C)=O. The highest BCUT2D eigenvalue weighted by atomic mass is 32.2. The molecule has 1 aromatic carbocycles. The van der Waals surface area contributed by atoms with E-state index < -0.39 is 16.2 Å². The second-order valence-electron chi connectivity index (χ2n) is 6.97. The second kappa shape index (κ2) is 8.89. The molecule has 29 heavy (non-hydrogen) atoms. The molecule has 2 aromatic rings. The van der Waals surface area contributed by atoms with E-state index in [0.717, 1.165) is 43.6 Å². The van der Waals surface area contributed by atoms with Crippen LogP contribution in [0.3, 0.4) is 0 Å². The number of nitrogens with two attached hydrogens (primary N) is 1. The fraction of sp³-hybridized carbons (Fsp3) is 0.500. The van der Waals surface area contributed by atoms with Gasteiger partial charge in [0.25, 0.3) is 10.2 Å². The number of nitrogens with one attached hydrogen (secondary N) is 1. The standard InChI is InChI=1S/C18H25N5O5S/c1-12(24)28-17-9-14-15(10-16(17)27-2)20-11-21-18(14)23-7-4-13(5-8-23)3-6-22-29(19,25)26/h9-11,13,22H,3-8H2,1-2H3,(H2,19,25,26). The number of fused-ring (bicyclic) bond motifs is 1. The Balaban J connectivity index is 1.75. The Bertz CT molecular complexity index is 990. The Kier molecular flexibility index (Phi) is 6.50. The van der Waals surface area contributed by atoms with Crippen molar-refractivity contribution in [1.29, 1.82) is 0 Å². The van der Waals surface area contributed by atoms with Crippen LogP contribution in [0.25, 0.3) is 10.9 Å². The van der Waals surface area contributed by atoms with Crippen LogP contribution in [0.1, 0.15) is 26.2 Å². The monoisotopic (exact) mass is 423 g/mol. The number of hydrogen-bond acceptors (Lipinski definition) is 8. The highest BCUT2D eigenvalue weighted by molar-refractivity contribution is 7.87. The lowest BCUT2D eigenvalue weighted by atomic mass is 9.93. The number of rotatable bonds is 7. The third-order valence-corrected chi connectivity index (χ3v) is 5.53. The van der Waals surface area contributed by atoms with E-state index in [0.29, 0.717) is 29.5 Å². The van der Waals surface area contributed by atoms with Crippen LogP contribution in [0, 0.1) is 5.92 Å². The number of benzene rings is 1. The molecule has 1 saturated heterocycles. The van der Waals surface area contributed by atoms with Crippen LogP contribution < -0.4 is 24.2 Å². The van der Waals surface area contributed by atoms with Crippen molar-refractivity contribution in [2.45, 2.75) is 26.2 Å².